The molecular weight excluding hydrogens is 236 g/mol. The summed E-state index contributed by atoms with van der Waals surface area (Å²) in [5.74, 6) is 1.09. The maximum Gasteiger partial charge on any atom is 0.135 e. The summed E-state index contributed by atoms with van der Waals surface area (Å²) in [6.07, 6.45) is 0. The molecule has 0 fully saturated rings. The summed E-state index contributed by atoms with van der Waals surface area (Å²) in [6, 6.07) is 8.50. The second-order valence-corrected chi connectivity index (χ2v) is 4.80. The van der Waals surface area contributed by atoms with E-state index >= 15 is 0 Å². The standard InChI is InChI=1S/C15H22N4/c1-5-19(13-8-6-7-11(2)9-13)15-14(10-16)12(3)17-18(15)4/h6-9H,5,10,16H2,1-4H3. The molecule has 0 bridgehead atoms. The van der Waals surface area contributed by atoms with Crippen LogP contribution in [0.15, 0.2) is 24.3 Å². The lowest BCUT2D eigenvalue weighted by atomic mass is 10.2. The lowest BCUT2D eigenvalue weighted by Gasteiger charge is -2.24. The average Bonchev–Trinajstić information content (AvgIpc) is 2.65. The van der Waals surface area contributed by atoms with Crippen LogP contribution in [0.25, 0.3) is 0 Å². The minimum absolute atomic E-state index is 0.511. The highest BCUT2D eigenvalue weighted by Gasteiger charge is 2.18. The van der Waals surface area contributed by atoms with Crippen LogP contribution in [0.2, 0.25) is 0 Å². The minimum Gasteiger partial charge on any atom is -0.327 e. The van der Waals surface area contributed by atoms with Crippen LogP contribution in [0.1, 0.15) is 23.7 Å². The van der Waals surface area contributed by atoms with Gasteiger partial charge in [0.1, 0.15) is 5.82 Å². The first-order valence-electron chi connectivity index (χ1n) is 6.65. The normalized spacial score (nSPS) is 10.8. The Kier molecular flexibility index (Phi) is 3.90. The summed E-state index contributed by atoms with van der Waals surface area (Å²) < 4.78 is 1.92. The van der Waals surface area contributed by atoms with Gasteiger partial charge in [-0.3, -0.25) is 4.68 Å². The van der Waals surface area contributed by atoms with Crippen LogP contribution in [0.3, 0.4) is 0 Å². The zero-order chi connectivity index (χ0) is 14.0. The molecular formula is C15H22N4. The topological polar surface area (TPSA) is 47.1 Å². The van der Waals surface area contributed by atoms with Crippen molar-refractivity contribution in [2.45, 2.75) is 27.3 Å². The first-order valence-corrected chi connectivity index (χ1v) is 6.65. The van der Waals surface area contributed by atoms with Crippen LogP contribution in [-0.2, 0) is 13.6 Å². The molecule has 2 N–H and O–H groups in total. The Morgan fingerprint density at radius 3 is 2.63 bits per heavy atom. The van der Waals surface area contributed by atoms with E-state index in [9.17, 15) is 0 Å². The smallest absolute Gasteiger partial charge is 0.135 e. The number of benzene rings is 1. The zero-order valence-electron chi connectivity index (χ0n) is 12.1. The van der Waals surface area contributed by atoms with E-state index in [-0.39, 0.29) is 0 Å². The van der Waals surface area contributed by atoms with Crippen LogP contribution in [-0.4, -0.2) is 16.3 Å². The molecule has 19 heavy (non-hydrogen) atoms. The number of aromatic nitrogens is 2. The maximum atomic E-state index is 5.89. The van der Waals surface area contributed by atoms with Gasteiger partial charge in [-0.1, -0.05) is 12.1 Å². The van der Waals surface area contributed by atoms with Crippen molar-refractivity contribution in [3.05, 3.63) is 41.1 Å². The van der Waals surface area contributed by atoms with Gasteiger partial charge in [0, 0.05) is 31.4 Å². The average molecular weight is 258 g/mol. The third kappa shape index (κ3) is 2.49. The van der Waals surface area contributed by atoms with Gasteiger partial charge in [-0.2, -0.15) is 5.10 Å². The predicted molar refractivity (Wildman–Crippen MR) is 79.7 cm³/mol. The lowest BCUT2D eigenvalue weighted by Crippen LogP contribution is -2.21. The number of anilines is 2. The van der Waals surface area contributed by atoms with Gasteiger partial charge in [0.15, 0.2) is 0 Å². The van der Waals surface area contributed by atoms with Crippen molar-refractivity contribution in [3.8, 4) is 0 Å². The number of aryl methyl sites for hydroxylation is 3. The van der Waals surface area contributed by atoms with Gasteiger partial charge in [-0.15, -0.1) is 0 Å². The molecule has 0 atom stereocenters. The van der Waals surface area contributed by atoms with Crippen molar-refractivity contribution < 1.29 is 0 Å². The van der Waals surface area contributed by atoms with Gasteiger partial charge in [0.05, 0.1) is 5.69 Å². The van der Waals surface area contributed by atoms with Gasteiger partial charge in [-0.25, -0.2) is 0 Å². The molecule has 0 spiro atoms. The van der Waals surface area contributed by atoms with Gasteiger partial charge >= 0.3 is 0 Å². The molecule has 0 radical (unpaired) electrons. The van der Waals surface area contributed by atoms with Gasteiger partial charge < -0.3 is 10.6 Å². The number of nitrogens with zero attached hydrogens (tertiary/aromatic N) is 3. The summed E-state index contributed by atoms with van der Waals surface area (Å²) in [6.45, 7) is 7.66. The molecule has 0 saturated carbocycles. The summed E-state index contributed by atoms with van der Waals surface area (Å²) in [5.41, 5.74) is 10.4. The Morgan fingerprint density at radius 1 is 1.32 bits per heavy atom. The van der Waals surface area contributed by atoms with Crippen molar-refractivity contribution in [1.29, 1.82) is 0 Å². The summed E-state index contributed by atoms with van der Waals surface area (Å²) in [7, 11) is 1.97. The number of rotatable bonds is 4. The molecule has 0 aliphatic heterocycles. The molecule has 0 amide bonds. The van der Waals surface area contributed by atoms with E-state index in [1.54, 1.807) is 0 Å². The second kappa shape index (κ2) is 5.45. The molecule has 1 aromatic carbocycles. The van der Waals surface area contributed by atoms with Gasteiger partial charge in [0.2, 0.25) is 0 Å². The largest absolute Gasteiger partial charge is 0.327 e. The van der Waals surface area contributed by atoms with E-state index < -0.39 is 0 Å². The maximum absolute atomic E-state index is 5.89. The van der Waals surface area contributed by atoms with E-state index in [1.165, 1.54) is 11.3 Å². The van der Waals surface area contributed by atoms with E-state index in [2.05, 4.69) is 48.1 Å². The fraction of sp³-hybridized carbons (Fsp3) is 0.400. The molecule has 2 aromatic rings. The third-order valence-corrected chi connectivity index (χ3v) is 3.40. The van der Waals surface area contributed by atoms with Crippen molar-refractivity contribution in [1.82, 2.24) is 9.78 Å². The quantitative estimate of drug-likeness (QED) is 0.917. The number of hydrogen-bond acceptors (Lipinski definition) is 3. The fourth-order valence-electron chi connectivity index (χ4n) is 2.52. The molecule has 4 heteroatoms. The third-order valence-electron chi connectivity index (χ3n) is 3.40. The van der Waals surface area contributed by atoms with Crippen molar-refractivity contribution >= 4 is 11.5 Å². The van der Waals surface area contributed by atoms with Gasteiger partial charge in [0.25, 0.3) is 0 Å². The predicted octanol–water partition coefficient (Wildman–Crippen LogP) is 2.65. The Labute approximate surface area is 114 Å². The molecule has 1 aromatic heterocycles. The van der Waals surface area contributed by atoms with E-state index in [0.29, 0.717) is 6.54 Å². The molecule has 0 aliphatic carbocycles. The van der Waals surface area contributed by atoms with Crippen molar-refractivity contribution in [3.63, 3.8) is 0 Å². The summed E-state index contributed by atoms with van der Waals surface area (Å²) in [4.78, 5) is 2.26. The summed E-state index contributed by atoms with van der Waals surface area (Å²) >= 11 is 0. The monoisotopic (exact) mass is 258 g/mol. The lowest BCUT2D eigenvalue weighted by molar-refractivity contribution is 0.741. The highest BCUT2D eigenvalue weighted by Crippen LogP contribution is 2.30. The van der Waals surface area contributed by atoms with Gasteiger partial charge in [-0.05, 0) is 38.5 Å². The Balaban J connectivity index is 2.54. The highest BCUT2D eigenvalue weighted by atomic mass is 15.4. The molecule has 0 aliphatic rings. The molecule has 0 saturated heterocycles. The highest BCUT2D eigenvalue weighted by molar-refractivity contribution is 5.64. The second-order valence-electron chi connectivity index (χ2n) is 4.80. The first kappa shape index (κ1) is 13.6. The summed E-state index contributed by atoms with van der Waals surface area (Å²) in [5, 5.41) is 4.49. The molecule has 0 unspecified atom stereocenters. The fourth-order valence-corrected chi connectivity index (χ4v) is 2.52. The van der Waals surface area contributed by atoms with Crippen LogP contribution in [0.5, 0.6) is 0 Å². The number of nitrogens with two attached hydrogens (primary N) is 1. The SMILES string of the molecule is CCN(c1cccc(C)c1)c1c(CN)c(C)nn1C. The van der Waals surface area contributed by atoms with E-state index in [0.717, 1.165) is 23.6 Å². The molecule has 4 nitrogen and oxygen atoms in total. The Hall–Kier alpha value is -1.81. The number of hydrogen-bond donors (Lipinski definition) is 1. The van der Waals surface area contributed by atoms with Crippen LogP contribution < -0.4 is 10.6 Å². The Morgan fingerprint density at radius 2 is 2.05 bits per heavy atom. The Bertz CT molecular complexity index is 572. The molecule has 1 heterocycles. The molecule has 2 rings (SSSR count). The van der Waals surface area contributed by atoms with Crippen molar-refractivity contribution in [2.24, 2.45) is 12.8 Å². The van der Waals surface area contributed by atoms with E-state index in [4.69, 9.17) is 5.73 Å². The minimum atomic E-state index is 0.511. The van der Waals surface area contributed by atoms with Crippen LogP contribution in [0, 0.1) is 13.8 Å². The molecule has 102 valence electrons. The van der Waals surface area contributed by atoms with Crippen LogP contribution in [0.4, 0.5) is 11.5 Å². The van der Waals surface area contributed by atoms with Crippen molar-refractivity contribution in [2.75, 3.05) is 11.4 Å². The van der Waals surface area contributed by atoms with E-state index in [1.807, 2.05) is 18.7 Å². The first-order chi connectivity index (χ1) is 9.08. The zero-order valence-corrected chi connectivity index (χ0v) is 12.1. The van der Waals surface area contributed by atoms with Crippen LogP contribution >= 0.6 is 0 Å².